The van der Waals surface area contributed by atoms with Gasteiger partial charge in [0.25, 0.3) is 0 Å². The van der Waals surface area contributed by atoms with Gasteiger partial charge in [-0.15, -0.1) is 0 Å². The fourth-order valence-corrected chi connectivity index (χ4v) is 2.41. The molecule has 0 bridgehead atoms. The van der Waals surface area contributed by atoms with Crippen molar-refractivity contribution in [2.75, 3.05) is 13.2 Å². The zero-order chi connectivity index (χ0) is 19.7. The molecule has 27 heavy (non-hydrogen) atoms. The van der Waals surface area contributed by atoms with Gasteiger partial charge in [-0.2, -0.15) is 0 Å². The largest absolute Gasteiger partial charge is 2.00 e. The second-order valence-corrected chi connectivity index (χ2v) is 5.91. The summed E-state index contributed by atoms with van der Waals surface area (Å²) in [7, 11) is 0. The maximum absolute atomic E-state index is 10.1. The first-order valence-electron chi connectivity index (χ1n) is 7.38. The monoisotopic (exact) mass is 438 g/mol. The molecular weight excluding hydrogens is 423 g/mol. The van der Waals surface area contributed by atoms with Crippen molar-refractivity contribution in [1.29, 1.82) is 0 Å². The minimum atomic E-state index is -1.26. The van der Waals surface area contributed by atoms with E-state index < -0.39 is 25.2 Å². The van der Waals surface area contributed by atoms with E-state index >= 15 is 0 Å². The van der Waals surface area contributed by atoms with E-state index in [1.165, 1.54) is 0 Å². The van der Waals surface area contributed by atoms with Crippen LogP contribution in [0, 0.1) is 13.8 Å². The number of rotatable bonds is 6. The molecule has 0 saturated heterocycles. The average molecular weight is 439 g/mol. The maximum atomic E-state index is 10.1. The zero-order valence-corrected chi connectivity index (χ0v) is 18.5. The smallest absolute Gasteiger partial charge is 0.546 e. The Morgan fingerprint density at radius 2 is 1.15 bits per heavy atom. The molecule has 0 spiro atoms. The Balaban J connectivity index is 0.000000483. The normalized spacial score (nSPS) is 9.33. The number of carboxylic acid groups (broad SMARTS) is 2. The number of benzene rings is 2. The Morgan fingerprint density at radius 3 is 1.41 bits per heavy atom. The summed E-state index contributed by atoms with van der Waals surface area (Å²) in [5.74, 6) is -1.74. The SMILES string of the molecule is Cc1cccc(Cl)c1OCC(=O)[O-].Cc1cccc(Cl)c1OCC(=O)[O-].[Ca+2]. The molecule has 0 aliphatic heterocycles. The molecule has 0 N–H and O–H groups in total. The van der Waals surface area contributed by atoms with Crippen LogP contribution in [0.1, 0.15) is 11.1 Å². The molecule has 2 aromatic carbocycles. The Kier molecular flexibility index (Phi) is 12.5. The van der Waals surface area contributed by atoms with Crippen molar-refractivity contribution >= 4 is 72.9 Å². The van der Waals surface area contributed by atoms with Gasteiger partial charge in [0.05, 0.1) is 22.0 Å². The molecule has 0 unspecified atom stereocenters. The summed E-state index contributed by atoms with van der Waals surface area (Å²) in [6, 6.07) is 10.4. The van der Waals surface area contributed by atoms with Crippen molar-refractivity contribution in [3.05, 3.63) is 57.6 Å². The number of carboxylic acids is 2. The predicted octanol–water partition coefficient (Wildman–Crippen LogP) is 1.17. The van der Waals surface area contributed by atoms with Crippen molar-refractivity contribution in [3.8, 4) is 11.5 Å². The molecule has 0 heterocycles. The van der Waals surface area contributed by atoms with Crippen molar-refractivity contribution in [1.82, 2.24) is 0 Å². The van der Waals surface area contributed by atoms with Gasteiger partial charge in [0, 0.05) is 0 Å². The number of ether oxygens (including phenoxy) is 2. The summed E-state index contributed by atoms with van der Waals surface area (Å²) < 4.78 is 9.87. The van der Waals surface area contributed by atoms with E-state index in [0.29, 0.717) is 21.5 Å². The molecule has 0 amide bonds. The van der Waals surface area contributed by atoms with Crippen LogP contribution in [0.25, 0.3) is 0 Å². The predicted molar refractivity (Wildman–Crippen MR) is 99.1 cm³/mol. The minimum absolute atomic E-state index is 0. The summed E-state index contributed by atoms with van der Waals surface area (Å²) in [4.78, 5) is 20.2. The van der Waals surface area contributed by atoms with E-state index in [9.17, 15) is 19.8 Å². The zero-order valence-electron chi connectivity index (χ0n) is 14.8. The Morgan fingerprint density at radius 1 is 0.815 bits per heavy atom. The fraction of sp³-hybridized carbons (Fsp3) is 0.222. The van der Waals surface area contributed by atoms with Crippen molar-refractivity contribution in [2.24, 2.45) is 0 Å². The minimum Gasteiger partial charge on any atom is -0.546 e. The van der Waals surface area contributed by atoms with Gasteiger partial charge in [0.2, 0.25) is 0 Å². The van der Waals surface area contributed by atoms with E-state index in [1.54, 1.807) is 50.2 Å². The topological polar surface area (TPSA) is 98.7 Å². The van der Waals surface area contributed by atoms with Crippen LogP contribution >= 0.6 is 23.2 Å². The second kappa shape index (κ2) is 13.1. The van der Waals surface area contributed by atoms with Crippen molar-refractivity contribution in [3.63, 3.8) is 0 Å². The molecule has 2 rings (SSSR count). The van der Waals surface area contributed by atoms with Crippen LogP contribution in [-0.2, 0) is 9.59 Å². The summed E-state index contributed by atoms with van der Waals surface area (Å²) in [5.41, 5.74) is 1.60. The number of hydrogen-bond donors (Lipinski definition) is 0. The molecule has 0 aliphatic carbocycles. The van der Waals surface area contributed by atoms with Crippen LogP contribution < -0.4 is 19.7 Å². The van der Waals surface area contributed by atoms with Crippen LogP contribution in [0.2, 0.25) is 10.0 Å². The van der Waals surface area contributed by atoms with E-state index in [0.717, 1.165) is 11.1 Å². The first-order valence-corrected chi connectivity index (χ1v) is 8.13. The molecule has 9 heteroatoms. The van der Waals surface area contributed by atoms with Crippen molar-refractivity contribution in [2.45, 2.75) is 13.8 Å². The first-order chi connectivity index (χ1) is 12.2. The number of aryl methyl sites for hydroxylation is 2. The summed E-state index contributed by atoms with van der Waals surface area (Å²) in [5, 5.41) is 21.0. The molecule has 140 valence electrons. The van der Waals surface area contributed by atoms with Gasteiger partial charge in [-0.3, -0.25) is 0 Å². The molecular formula is C18H16CaCl2O6. The number of para-hydroxylation sites is 2. The van der Waals surface area contributed by atoms with E-state index in [-0.39, 0.29) is 37.7 Å². The van der Waals surface area contributed by atoms with Gasteiger partial charge in [0.1, 0.15) is 24.7 Å². The maximum Gasteiger partial charge on any atom is 2.00 e. The van der Waals surface area contributed by atoms with Gasteiger partial charge in [-0.1, -0.05) is 47.5 Å². The summed E-state index contributed by atoms with van der Waals surface area (Å²) in [6.07, 6.45) is 0. The van der Waals surface area contributed by atoms with Crippen molar-refractivity contribution < 1.29 is 29.3 Å². The third-order valence-corrected chi connectivity index (χ3v) is 3.59. The molecule has 0 aliphatic rings. The van der Waals surface area contributed by atoms with E-state index in [4.69, 9.17) is 32.7 Å². The Bertz CT molecular complexity index is 676. The molecule has 6 nitrogen and oxygen atoms in total. The number of aliphatic carboxylic acids is 2. The Labute approximate surface area is 197 Å². The number of halogens is 2. The van der Waals surface area contributed by atoms with Crippen LogP contribution in [0.3, 0.4) is 0 Å². The van der Waals surface area contributed by atoms with Crippen LogP contribution in [0.5, 0.6) is 11.5 Å². The average Bonchev–Trinajstić information content (AvgIpc) is 2.54. The fourth-order valence-electron chi connectivity index (χ4n) is 1.86. The van der Waals surface area contributed by atoms with Crippen LogP contribution in [0.15, 0.2) is 36.4 Å². The third-order valence-electron chi connectivity index (χ3n) is 3.00. The van der Waals surface area contributed by atoms with Crippen LogP contribution in [0.4, 0.5) is 0 Å². The van der Waals surface area contributed by atoms with E-state index in [2.05, 4.69) is 0 Å². The van der Waals surface area contributed by atoms with Gasteiger partial charge in [0.15, 0.2) is 0 Å². The first kappa shape index (κ1) is 25.8. The molecule has 0 aromatic heterocycles. The van der Waals surface area contributed by atoms with Gasteiger partial charge < -0.3 is 29.3 Å². The standard InChI is InChI=1S/2C9H9ClO3.Ca/c2*1-6-3-2-4-7(10)9(6)13-5-8(11)12;/h2*2-4H,5H2,1H3,(H,11,12);/q;;+2/p-2. The Hall–Kier alpha value is -1.18. The van der Waals surface area contributed by atoms with Gasteiger partial charge in [-0.25, -0.2) is 0 Å². The quantitative estimate of drug-likeness (QED) is 0.627. The van der Waals surface area contributed by atoms with E-state index in [1.807, 2.05) is 0 Å². The molecule has 2 aromatic rings. The second-order valence-electron chi connectivity index (χ2n) is 5.09. The van der Waals surface area contributed by atoms with Gasteiger partial charge in [-0.05, 0) is 37.1 Å². The third kappa shape index (κ3) is 9.53. The number of carbonyl (C=O) groups excluding carboxylic acids is 2. The molecule has 0 saturated carbocycles. The van der Waals surface area contributed by atoms with Gasteiger partial charge >= 0.3 is 37.7 Å². The molecule has 0 atom stereocenters. The summed E-state index contributed by atoms with van der Waals surface area (Å²) in [6.45, 7) is 2.61. The number of hydrogen-bond acceptors (Lipinski definition) is 6. The number of carbonyl (C=O) groups is 2. The summed E-state index contributed by atoms with van der Waals surface area (Å²) >= 11 is 11.5. The van der Waals surface area contributed by atoms with Crippen LogP contribution in [-0.4, -0.2) is 62.9 Å². The molecule has 0 radical (unpaired) electrons. The molecule has 0 fully saturated rings.